The van der Waals surface area contributed by atoms with Gasteiger partial charge in [0.15, 0.2) is 0 Å². The minimum atomic E-state index is 0.560. The first-order valence-corrected chi connectivity index (χ1v) is 7.06. The van der Waals surface area contributed by atoms with Gasteiger partial charge in [-0.25, -0.2) is 4.98 Å². The molecule has 1 fully saturated rings. The van der Waals surface area contributed by atoms with E-state index in [1.54, 1.807) is 0 Å². The van der Waals surface area contributed by atoms with Gasteiger partial charge in [-0.2, -0.15) is 0 Å². The zero-order valence-electron chi connectivity index (χ0n) is 11.4. The molecule has 2 heterocycles. The van der Waals surface area contributed by atoms with E-state index in [9.17, 15) is 0 Å². The molecule has 0 amide bonds. The highest BCUT2D eigenvalue weighted by molar-refractivity contribution is 6.31. The van der Waals surface area contributed by atoms with Gasteiger partial charge in [-0.05, 0) is 44.9 Å². The first-order chi connectivity index (χ1) is 8.61. The molecule has 3 nitrogen and oxygen atoms in total. The molecule has 0 aromatic carbocycles. The Labute approximate surface area is 115 Å². The number of aromatic nitrogens is 1. The number of rotatable bonds is 3. The third-order valence-corrected chi connectivity index (χ3v) is 4.02. The van der Waals surface area contributed by atoms with Crippen molar-refractivity contribution in [3.8, 4) is 0 Å². The van der Waals surface area contributed by atoms with Crippen molar-refractivity contribution in [2.75, 3.05) is 18.5 Å². The number of nitrogens with zero attached hydrogens (tertiary/aromatic N) is 2. The number of hydrogen-bond acceptors (Lipinski definition) is 3. The number of halogens is 1. The molecule has 1 N–H and O–H groups in total. The summed E-state index contributed by atoms with van der Waals surface area (Å²) in [4.78, 5) is 7.09. The van der Waals surface area contributed by atoms with Crippen LogP contribution in [0.4, 0.5) is 5.82 Å². The van der Waals surface area contributed by atoms with E-state index >= 15 is 0 Å². The van der Waals surface area contributed by atoms with Gasteiger partial charge in [0.2, 0.25) is 0 Å². The summed E-state index contributed by atoms with van der Waals surface area (Å²) in [7, 11) is 1.91. The Balaban J connectivity index is 2.20. The van der Waals surface area contributed by atoms with E-state index < -0.39 is 0 Å². The molecule has 2 unspecified atom stereocenters. The van der Waals surface area contributed by atoms with Crippen LogP contribution in [0.1, 0.15) is 32.4 Å². The molecule has 0 bridgehead atoms. The highest BCUT2D eigenvalue weighted by Gasteiger charge is 2.24. The molecule has 0 saturated carbocycles. The van der Waals surface area contributed by atoms with Crippen molar-refractivity contribution >= 4 is 17.4 Å². The SMILES string of the molecule is CNCc1nc(N2CCC(C)CC2C)ccc1Cl. The number of nitrogens with one attached hydrogen (secondary N) is 1. The van der Waals surface area contributed by atoms with Crippen molar-refractivity contribution in [3.05, 3.63) is 22.8 Å². The summed E-state index contributed by atoms with van der Waals surface area (Å²) >= 11 is 6.15. The smallest absolute Gasteiger partial charge is 0.129 e. The average molecular weight is 268 g/mol. The molecule has 1 saturated heterocycles. The quantitative estimate of drug-likeness (QED) is 0.912. The van der Waals surface area contributed by atoms with Gasteiger partial charge in [0.25, 0.3) is 0 Å². The average Bonchev–Trinajstić information content (AvgIpc) is 2.33. The van der Waals surface area contributed by atoms with E-state index in [2.05, 4.69) is 24.1 Å². The van der Waals surface area contributed by atoms with Crippen LogP contribution in [0.3, 0.4) is 0 Å². The van der Waals surface area contributed by atoms with Crippen LogP contribution >= 0.6 is 11.6 Å². The number of hydrogen-bond donors (Lipinski definition) is 1. The fourth-order valence-corrected chi connectivity index (χ4v) is 2.84. The van der Waals surface area contributed by atoms with Gasteiger partial charge >= 0.3 is 0 Å². The first kappa shape index (κ1) is 13.6. The summed E-state index contributed by atoms with van der Waals surface area (Å²) in [6.07, 6.45) is 2.49. The predicted molar refractivity (Wildman–Crippen MR) is 77.2 cm³/mol. The summed E-state index contributed by atoms with van der Waals surface area (Å²) in [5.41, 5.74) is 0.933. The van der Waals surface area contributed by atoms with E-state index in [1.807, 2.05) is 19.2 Å². The molecule has 1 aromatic heterocycles. The molecule has 18 heavy (non-hydrogen) atoms. The zero-order chi connectivity index (χ0) is 13.1. The number of anilines is 1. The molecule has 4 heteroatoms. The lowest BCUT2D eigenvalue weighted by Crippen LogP contribution is -2.40. The Morgan fingerprint density at radius 3 is 2.89 bits per heavy atom. The summed E-state index contributed by atoms with van der Waals surface area (Å²) in [6, 6.07) is 4.56. The van der Waals surface area contributed by atoms with Crippen LogP contribution < -0.4 is 10.2 Å². The molecular formula is C14H22ClN3. The van der Waals surface area contributed by atoms with Crippen LogP contribution in [0.5, 0.6) is 0 Å². The molecular weight excluding hydrogens is 246 g/mol. The second-order valence-corrected chi connectivity index (χ2v) is 5.71. The maximum absolute atomic E-state index is 6.15. The Morgan fingerprint density at radius 1 is 1.44 bits per heavy atom. The standard InChI is InChI=1S/C14H22ClN3/c1-10-6-7-18(11(2)8-10)14-5-4-12(15)13(17-14)9-16-3/h4-5,10-11,16H,6-9H2,1-3H3. The molecule has 1 aliphatic heterocycles. The maximum Gasteiger partial charge on any atom is 0.129 e. The van der Waals surface area contributed by atoms with Gasteiger partial charge in [0, 0.05) is 19.1 Å². The first-order valence-electron chi connectivity index (χ1n) is 6.68. The van der Waals surface area contributed by atoms with Crippen LogP contribution in [0.25, 0.3) is 0 Å². The van der Waals surface area contributed by atoms with Crippen LogP contribution in [0.2, 0.25) is 5.02 Å². The Bertz CT molecular complexity index is 408. The maximum atomic E-state index is 6.15. The predicted octanol–water partition coefficient (Wildman–Crippen LogP) is 3.08. The van der Waals surface area contributed by atoms with Gasteiger partial charge in [-0.3, -0.25) is 0 Å². The summed E-state index contributed by atoms with van der Waals surface area (Å²) in [6.45, 7) is 6.42. The van der Waals surface area contributed by atoms with Crippen LogP contribution in [0.15, 0.2) is 12.1 Å². The third-order valence-electron chi connectivity index (χ3n) is 3.68. The number of pyridine rings is 1. The largest absolute Gasteiger partial charge is 0.354 e. The van der Waals surface area contributed by atoms with Gasteiger partial charge in [0.1, 0.15) is 5.82 Å². The molecule has 2 atom stereocenters. The molecule has 0 spiro atoms. The molecule has 2 rings (SSSR count). The Morgan fingerprint density at radius 2 is 2.22 bits per heavy atom. The second-order valence-electron chi connectivity index (χ2n) is 5.30. The molecule has 1 aromatic rings. The van der Waals surface area contributed by atoms with Crippen molar-refractivity contribution < 1.29 is 0 Å². The van der Waals surface area contributed by atoms with E-state index in [4.69, 9.17) is 16.6 Å². The summed E-state index contributed by atoms with van der Waals surface area (Å²) in [5.74, 6) is 1.88. The van der Waals surface area contributed by atoms with E-state index in [1.165, 1.54) is 12.8 Å². The fourth-order valence-electron chi connectivity index (χ4n) is 2.67. The van der Waals surface area contributed by atoms with Gasteiger partial charge in [-0.15, -0.1) is 0 Å². The second kappa shape index (κ2) is 5.89. The minimum Gasteiger partial charge on any atom is -0.354 e. The van der Waals surface area contributed by atoms with E-state index in [0.717, 1.165) is 29.0 Å². The van der Waals surface area contributed by atoms with Crippen molar-refractivity contribution in [1.82, 2.24) is 10.3 Å². The topological polar surface area (TPSA) is 28.2 Å². The van der Waals surface area contributed by atoms with Crippen LogP contribution in [-0.4, -0.2) is 24.6 Å². The highest BCUT2D eigenvalue weighted by Crippen LogP contribution is 2.28. The van der Waals surface area contributed by atoms with Crippen molar-refractivity contribution in [3.63, 3.8) is 0 Å². The van der Waals surface area contributed by atoms with Crippen LogP contribution in [-0.2, 0) is 6.54 Å². The minimum absolute atomic E-state index is 0.560. The fraction of sp³-hybridized carbons (Fsp3) is 0.643. The van der Waals surface area contributed by atoms with E-state index in [-0.39, 0.29) is 0 Å². The molecule has 0 aliphatic carbocycles. The summed E-state index contributed by atoms with van der Waals surface area (Å²) < 4.78 is 0. The Hall–Kier alpha value is -0.800. The van der Waals surface area contributed by atoms with Gasteiger partial charge < -0.3 is 10.2 Å². The lowest BCUT2D eigenvalue weighted by molar-refractivity contribution is 0.376. The monoisotopic (exact) mass is 267 g/mol. The normalized spacial score (nSPS) is 24.3. The van der Waals surface area contributed by atoms with Gasteiger partial charge in [0.05, 0.1) is 10.7 Å². The Kier molecular flexibility index (Phi) is 4.46. The zero-order valence-corrected chi connectivity index (χ0v) is 12.2. The highest BCUT2D eigenvalue weighted by atomic mass is 35.5. The lowest BCUT2D eigenvalue weighted by Gasteiger charge is -2.37. The van der Waals surface area contributed by atoms with Crippen molar-refractivity contribution in [2.45, 2.75) is 39.3 Å². The molecule has 1 aliphatic rings. The number of piperidine rings is 1. The molecule has 0 radical (unpaired) electrons. The van der Waals surface area contributed by atoms with Crippen molar-refractivity contribution in [2.24, 2.45) is 5.92 Å². The van der Waals surface area contributed by atoms with Crippen LogP contribution in [0, 0.1) is 5.92 Å². The lowest BCUT2D eigenvalue weighted by atomic mass is 9.93. The van der Waals surface area contributed by atoms with Gasteiger partial charge in [-0.1, -0.05) is 18.5 Å². The molecule has 100 valence electrons. The van der Waals surface area contributed by atoms with E-state index in [0.29, 0.717) is 12.6 Å². The van der Waals surface area contributed by atoms with Crippen molar-refractivity contribution in [1.29, 1.82) is 0 Å². The third kappa shape index (κ3) is 2.96. The summed E-state index contributed by atoms with van der Waals surface area (Å²) in [5, 5.41) is 3.85.